The summed E-state index contributed by atoms with van der Waals surface area (Å²) in [5.74, 6) is 0.304. The molecule has 0 aromatic heterocycles. The Bertz CT molecular complexity index is 251. The lowest BCUT2D eigenvalue weighted by atomic mass is 9.94. The summed E-state index contributed by atoms with van der Waals surface area (Å²) < 4.78 is 5.46. The van der Waals surface area contributed by atoms with Gasteiger partial charge in [0, 0.05) is 18.5 Å². The molecule has 2 rings (SSSR count). The van der Waals surface area contributed by atoms with Crippen molar-refractivity contribution in [1.29, 1.82) is 5.26 Å². The standard InChI is InChI=1S/C11H18N2O2/c12-4-5-13-6-7-15-8-10(13)9-2-1-3-11(9)14/h9-11,14H,1-3,5-8H2. The van der Waals surface area contributed by atoms with E-state index in [1.807, 2.05) is 0 Å². The minimum absolute atomic E-state index is 0.196. The van der Waals surface area contributed by atoms with Crippen LogP contribution in [-0.4, -0.2) is 48.5 Å². The van der Waals surface area contributed by atoms with Crippen molar-refractivity contribution in [3.63, 3.8) is 0 Å². The van der Waals surface area contributed by atoms with Crippen molar-refractivity contribution in [2.24, 2.45) is 5.92 Å². The summed E-state index contributed by atoms with van der Waals surface area (Å²) in [6, 6.07) is 2.44. The molecule has 3 atom stereocenters. The average Bonchev–Trinajstić information content (AvgIpc) is 2.66. The molecule has 1 aliphatic carbocycles. The van der Waals surface area contributed by atoms with Gasteiger partial charge in [-0.3, -0.25) is 4.90 Å². The molecule has 1 heterocycles. The highest BCUT2D eigenvalue weighted by molar-refractivity contribution is 4.92. The second-order valence-corrected chi connectivity index (χ2v) is 4.43. The fraction of sp³-hybridized carbons (Fsp3) is 0.909. The van der Waals surface area contributed by atoms with Gasteiger partial charge >= 0.3 is 0 Å². The van der Waals surface area contributed by atoms with Crippen molar-refractivity contribution in [1.82, 2.24) is 4.90 Å². The summed E-state index contributed by atoms with van der Waals surface area (Å²) >= 11 is 0. The maximum Gasteiger partial charge on any atom is 0.0870 e. The van der Waals surface area contributed by atoms with E-state index in [0.717, 1.165) is 25.8 Å². The maximum absolute atomic E-state index is 9.86. The van der Waals surface area contributed by atoms with Crippen molar-refractivity contribution >= 4 is 0 Å². The molecule has 3 unspecified atom stereocenters. The average molecular weight is 210 g/mol. The third-order valence-electron chi connectivity index (χ3n) is 3.58. The summed E-state index contributed by atoms with van der Waals surface area (Å²) in [6.07, 6.45) is 2.87. The minimum Gasteiger partial charge on any atom is -0.393 e. The van der Waals surface area contributed by atoms with E-state index in [-0.39, 0.29) is 12.1 Å². The van der Waals surface area contributed by atoms with Gasteiger partial charge in [0.15, 0.2) is 0 Å². The van der Waals surface area contributed by atoms with Crippen molar-refractivity contribution in [2.45, 2.75) is 31.4 Å². The summed E-state index contributed by atoms with van der Waals surface area (Å²) in [5, 5.41) is 18.6. The zero-order chi connectivity index (χ0) is 10.7. The van der Waals surface area contributed by atoms with Gasteiger partial charge in [-0.1, -0.05) is 6.42 Å². The van der Waals surface area contributed by atoms with Crippen LogP contribution in [0, 0.1) is 17.2 Å². The molecule has 0 radical (unpaired) electrons. The van der Waals surface area contributed by atoms with Gasteiger partial charge in [0.05, 0.1) is 31.9 Å². The smallest absolute Gasteiger partial charge is 0.0870 e. The Balaban J connectivity index is 2.00. The second kappa shape index (κ2) is 4.93. The molecule has 84 valence electrons. The molecule has 1 aliphatic heterocycles. The first kappa shape index (κ1) is 10.9. The van der Waals surface area contributed by atoms with Crippen LogP contribution in [0.3, 0.4) is 0 Å². The lowest BCUT2D eigenvalue weighted by Crippen LogP contribution is -2.51. The Hall–Kier alpha value is -0.630. The highest BCUT2D eigenvalue weighted by Crippen LogP contribution is 2.31. The first-order chi connectivity index (χ1) is 7.33. The fourth-order valence-electron chi connectivity index (χ4n) is 2.76. The quantitative estimate of drug-likeness (QED) is 0.669. The van der Waals surface area contributed by atoms with Gasteiger partial charge in [0.2, 0.25) is 0 Å². The van der Waals surface area contributed by atoms with E-state index in [2.05, 4.69) is 11.0 Å². The van der Waals surface area contributed by atoms with Crippen LogP contribution < -0.4 is 0 Å². The van der Waals surface area contributed by atoms with E-state index < -0.39 is 0 Å². The van der Waals surface area contributed by atoms with Crippen LogP contribution in [0.4, 0.5) is 0 Å². The van der Waals surface area contributed by atoms with Crippen LogP contribution in [-0.2, 0) is 4.74 Å². The van der Waals surface area contributed by atoms with E-state index in [1.165, 1.54) is 0 Å². The van der Waals surface area contributed by atoms with Crippen molar-refractivity contribution < 1.29 is 9.84 Å². The Morgan fingerprint density at radius 3 is 3.00 bits per heavy atom. The number of nitrogens with zero attached hydrogens (tertiary/aromatic N) is 2. The SMILES string of the molecule is N#CCN1CCOCC1C1CCCC1O. The third-order valence-corrected chi connectivity index (χ3v) is 3.58. The highest BCUT2D eigenvalue weighted by atomic mass is 16.5. The van der Waals surface area contributed by atoms with E-state index in [4.69, 9.17) is 10.00 Å². The number of morpholine rings is 1. The Labute approximate surface area is 90.4 Å². The molecular formula is C11H18N2O2. The van der Waals surface area contributed by atoms with Gasteiger partial charge in [0.1, 0.15) is 0 Å². The van der Waals surface area contributed by atoms with Crippen LogP contribution in [0.2, 0.25) is 0 Å². The van der Waals surface area contributed by atoms with Crippen LogP contribution in [0.1, 0.15) is 19.3 Å². The molecule has 0 bridgehead atoms. The zero-order valence-electron chi connectivity index (χ0n) is 8.93. The van der Waals surface area contributed by atoms with Crippen LogP contribution in [0.15, 0.2) is 0 Å². The predicted molar refractivity (Wildman–Crippen MR) is 55.1 cm³/mol. The number of hydrogen-bond acceptors (Lipinski definition) is 4. The second-order valence-electron chi connectivity index (χ2n) is 4.43. The largest absolute Gasteiger partial charge is 0.393 e. The summed E-state index contributed by atoms with van der Waals surface area (Å²) in [7, 11) is 0. The normalized spacial score (nSPS) is 37.7. The molecule has 0 spiro atoms. The maximum atomic E-state index is 9.86. The Morgan fingerprint density at radius 2 is 2.33 bits per heavy atom. The molecular weight excluding hydrogens is 192 g/mol. The molecule has 0 aromatic rings. The van der Waals surface area contributed by atoms with Crippen LogP contribution in [0.25, 0.3) is 0 Å². The molecule has 2 fully saturated rings. The van der Waals surface area contributed by atoms with Crippen molar-refractivity contribution in [2.75, 3.05) is 26.3 Å². The van der Waals surface area contributed by atoms with E-state index in [0.29, 0.717) is 25.7 Å². The number of aliphatic hydroxyl groups is 1. The monoisotopic (exact) mass is 210 g/mol. The first-order valence-corrected chi connectivity index (χ1v) is 5.69. The first-order valence-electron chi connectivity index (χ1n) is 5.69. The van der Waals surface area contributed by atoms with Gasteiger partial charge in [-0.2, -0.15) is 5.26 Å². The Kier molecular flexibility index (Phi) is 3.57. The molecule has 2 aliphatic rings. The number of rotatable bonds is 2. The Morgan fingerprint density at radius 1 is 1.47 bits per heavy atom. The predicted octanol–water partition coefficient (Wildman–Crippen LogP) is 0.372. The summed E-state index contributed by atoms with van der Waals surface area (Å²) in [4.78, 5) is 2.16. The zero-order valence-corrected chi connectivity index (χ0v) is 8.93. The number of nitriles is 1. The fourth-order valence-corrected chi connectivity index (χ4v) is 2.76. The summed E-state index contributed by atoms with van der Waals surface area (Å²) in [6.45, 7) is 2.66. The van der Waals surface area contributed by atoms with E-state index >= 15 is 0 Å². The lowest BCUT2D eigenvalue weighted by Gasteiger charge is -2.38. The number of hydrogen-bond donors (Lipinski definition) is 1. The van der Waals surface area contributed by atoms with E-state index in [1.54, 1.807) is 0 Å². The molecule has 0 amide bonds. The van der Waals surface area contributed by atoms with Crippen LogP contribution >= 0.6 is 0 Å². The van der Waals surface area contributed by atoms with Gasteiger partial charge in [-0.05, 0) is 12.8 Å². The molecule has 0 aromatic carbocycles. The van der Waals surface area contributed by atoms with Gasteiger partial charge < -0.3 is 9.84 Å². The number of ether oxygens (including phenoxy) is 1. The summed E-state index contributed by atoms with van der Waals surface area (Å²) in [5.41, 5.74) is 0. The molecule has 4 nitrogen and oxygen atoms in total. The lowest BCUT2D eigenvalue weighted by molar-refractivity contribution is -0.0444. The van der Waals surface area contributed by atoms with E-state index in [9.17, 15) is 5.11 Å². The van der Waals surface area contributed by atoms with Gasteiger partial charge in [-0.15, -0.1) is 0 Å². The van der Waals surface area contributed by atoms with Crippen molar-refractivity contribution in [3.05, 3.63) is 0 Å². The molecule has 1 N–H and O–H groups in total. The third kappa shape index (κ3) is 2.31. The highest BCUT2D eigenvalue weighted by Gasteiger charge is 2.37. The molecule has 4 heteroatoms. The topological polar surface area (TPSA) is 56.5 Å². The van der Waals surface area contributed by atoms with Crippen LogP contribution in [0.5, 0.6) is 0 Å². The van der Waals surface area contributed by atoms with Gasteiger partial charge in [0.25, 0.3) is 0 Å². The van der Waals surface area contributed by atoms with Crippen molar-refractivity contribution in [3.8, 4) is 6.07 Å². The molecule has 1 saturated carbocycles. The molecule has 15 heavy (non-hydrogen) atoms. The molecule has 1 saturated heterocycles. The minimum atomic E-state index is -0.196. The van der Waals surface area contributed by atoms with Gasteiger partial charge in [-0.25, -0.2) is 0 Å². The number of aliphatic hydroxyl groups excluding tert-OH is 1.